The van der Waals surface area contributed by atoms with Crippen molar-refractivity contribution in [3.05, 3.63) is 59.1 Å². The van der Waals surface area contributed by atoms with Crippen molar-refractivity contribution in [2.45, 2.75) is 38.8 Å². The Balaban J connectivity index is 1.93. The number of aryl methyl sites for hydroxylation is 1. The fraction of sp³-hybridized carbons (Fsp3) is 0.348. The van der Waals surface area contributed by atoms with Gasteiger partial charge in [0.25, 0.3) is 0 Å². The van der Waals surface area contributed by atoms with Crippen molar-refractivity contribution in [2.75, 3.05) is 18.8 Å². The van der Waals surface area contributed by atoms with Gasteiger partial charge in [0.15, 0.2) is 11.0 Å². The van der Waals surface area contributed by atoms with Crippen LogP contribution in [0.2, 0.25) is 5.02 Å². The van der Waals surface area contributed by atoms with Crippen LogP contribution in [0, 0.1) is 6.92 Å². The number of amides is 1. The maximum absolute atomic E-state index is 12.7. The molecular weight excluding hydrogens is 416 g/mol. The van der Waals surface area contributed by atoms with E-state index >= 15 is 0 Å². The van der Waals surface area contributed by atoms with Gasteiger partial charge in [0.05, 0.1) is 5.75 Å². The molecule has 7 heteroatoms. The average molecular weight is 443 g/mol. The monoisotopic (exact) mass is 442 g/mol. The van der Waals surface area contributed by atoms with Gasteiger partial charge in [0.1, 0.15) is 0 Å². The molecule has 1 aromatic heterocycles. The molecule has 3 aromatic rings. The van der Waals surface area contributed by atoms with Crippen LogP contribution in [-0.2, 0) is 4.79 Å². The number of hydrogen-bond acceptors (Lipinski definition) is 4. The highest BCUT2D eigenvalue weighted by Gasteiger charge is 2.19. The van der Waals surface area contributed by atoms with Crippen LogP contribution in [0.3, 0.4) is 0 Å². The Hall–Kier alpha value is -2.31. The number of hydrogen-bond donors (Lipinski definition) is 0. The quantitative estimate of drug-likeness (QED) is 0.402. The van der Waals surface area contributed by atoms with E-state index in [0.717, 1.165) is 48.6 Å². The van der Waals surface area contributed by atoms with E-state index in [1.807, 2.05) is 45.9 Å². The molecule has 158 valence electrons. The predicted octanol–water partition coefficient (Wildman–Crippen LogP) is 5.64. The van der Waals surface area contributed by atoms with E-state index in [4.69, 9.17) is 11.6 Å². The van der Waals surface area contributed by atoms with Crippen LogP contribution >= 0.6 is 23.4 Å². The van der Waals surface area contributed by atoms with Crippen LogP contribution in [0.25, 0.3) is 17.1 Å². The number of carbonyl (C=O) groups is 1. The molecule has 0 spiro atoms. The standard InChI is InChI=1S/C23H27ClN4OS/c1-4-13-27(14-5-2)21(29)16-30-23-26-25-22(18-9-11-19(24)12-10-18)28(23)20-8-6-7-17(3)15-20/h6-12,15H,4-5,13-14,16H2,1-3H3. The van der Waals surface area contributed by atoms with E-state index < -0.39 is 0 Å². The van der Waals surface area contributed by atoms with Crippen molar-refractivity contribution in [3.8, 4) is 17.1 Å². The van der Waals surface area contributed by atoms with Crippen molar-refractivity contribution < 1.29 is 4.79 Å². The van der Waals surface area contributed by atoms with Crippen LogP contribution in [0.15, 0.2) is 53.7 Å². The van der Waals surface area contributed by atoms with Crippen LogP contribution in [0.1, 0.15) is 32.3 Å². The average Bonchev–Trinajstić information content (AvgIpc) is 3.16. The molecule has 0 bridgehead atoms. The molecule has 1 amide bonds. The summed E-state index contributed by atoms with van der Waals surface area (Å²) in [6, 6.07) is 15.7. The maximum atomic E-state index is 12.7. The Morgan fingerprint density at radius 2 is 1.77 bits per heavy atom. The number of aromatic nitrogens is 3. The first-order chi connectivity index (χ1) is 14.5. The first kappa shape index (κ1) is 22.4. The fourth-order valence-corrected chi connectivity index (χ4v) is 4.25. The molecule has 0 unspecified atom stereocenters. The second-order valence-corrected chi connectivity index (χ2v) is 8.54. The third-order valence-electron chi connectivity index (χ3n) is 4.66. The van der Waals surface area contributed by atoms with Crippen molar-refractivity contribution in [1.29, 1.82) is 0 Å². The number of rotatable bonds is 9. The molecule has 30 heavy (non-hydrogen) atoms. The van der Waals surface area contributed by atoms with E-state index in [-0.39, 0.29) is 5.91 Å². The molecule has 2 aromatic carbocycles. The second-order valence-electron chi connectivity index (χ2n) is 7.16. The molecule has 0 saturated carbocycles. The number of nitrogens with zero attached hydrogens (tertiary/aromatic N) is 4. The number of benzene rings is 2. The number of carbonyl (C=O) groups excluding carboxylic acids is 1. The zero-order valence-electron chi connectivity index (χ0n) is 17.6. The first-order valence-electron chi connectivity index (χ1n) is 10.2. The Morgan fingerprint density at radius 3 is 2.40 bits per heavy atom. The van der Waals surface area contributed by atoms with Gasteiger partial charge in [0.2, 0.25) is 5.91 Å². The van der Waals surface area contributed by atoms with E-state index in [1.54, 1.807) is 0 Å². The summed E-state index contributed by atoms with van der Waals surface area (Å²) in [6.45, 7) is 7.81. The smallest absolute Gasteiger partial charge is 0.233 e. The fourth-order valence-electron chi connectivity index (χ4n) is 3.27. The lowest BCUT2D eigenvalue weighted by Gasteiger charge is -2.21. The SMILES string of the molecule is CCCN(CCC)C(=O)CSc1nnc(-c2ccc(Cl)cc2)n1-c1cccc(C)c1. The molecule has 0 aliphatic rings. The molecule has 0 fully saturated rings. The van der Waals surface area contributed by atoms with Crippen LogP contribution in [0.5, 0.6) is 0 Å². The molecule has 0 atom stereocenters. The van der Waals surface area contributed by atoms with E-state index in [0.29, 0.717) is 15.9 Å². The summed E-state index contributed by atoms with van der Waals surface area (Å²) < 4.78 is 2.01. The van der Waals surface area contributed by atoms with Gasteiger partial charge in [-0.2, -0.15) is 0 Å². The lowest BCUT2D eigenvalue weighted by atomic mass is 10.2. The molecule has 0 saturated heterocycles. The summed E-state index contributed by atoms with van der Waals surface area (Å²) in [5.41, 5.74) is 3.04. The van der Waals surface area contributed by atoms with Crippen LogP contribution < -0.4 is 0 Å². The minimum atomic E-state index is 0.135. The Labute approximate surface area is 187 Å². The molecule has 0 aliphatic carbocycles. The largest absolute Gasteiger partial charge is 0.342 e. The molecule has 3 rings (SSSR count). The first-order valence-corrected chi connectivity index (χ1v) is 11.6. The van der Waals surface area contributed by atoms with Gasteiger partial charge < -0.3 is 4.90 Å². The summed E-state index contributed by atoms with van der Waals surface area (Å²) in [5, 5.41) is 10.2. The van der Waals surface area contributed by atoms with Gasteiger partial charge in [-0.05, 0) is 61.7 Å². The number of halogens is 1. The van der Waals surface area contributed by atoms with Gasteiger partial charge in [-0.15, -0.1) is 10.2 Å². The third-order valence-corrected chi connectivity index (χ3v) is 5.83. The maximum Gasteiger partial charge on any atom is 0.233 e. The summed E-state index contributed by atoms with van der Waals surface area (Å²) in [7, 11) is 0. The second kappa shape index (κ2) is 10.6. The van der Waals surface area contributed by atoms with Gasteiger partial charge in [-0.3, -0.25) is 9.36 Å². The topological polar surface area (TPSA) is 51.0 Å². The van der Waals surface area contributed by atoms with Crippen molar-refractivity contribution in [3.63, 3.8) is 0 Å². The third kappa shape index (κ3) is 5.43. The van der Waals surface area contributed by atoms with E-state index in [9.17, 15) is 4.79 Å². The van der Waals surface area contributed by atoms with Crippen molar-refractivity contribution in [2.24, 2.45) is 0 Å². The minimum Gasteiger partial charge on any atom is -0.342 e. The van der Waals surface area contributed by atoms with E-state index in [2.05, 4.69) is 43.1 Å². The molecule has 1 heterocycles. The summed E-state index contributed by atoms with van der Waals surface area (Å²) in [4.78, 5) is 14.7. The Morgan fingerprint density at radius 1 is 1.07 bits per heavy atom. The van der Waals surface area contributed by atoms with Gasteiger partial charge in [0, 0.05) is 29.4 Å². The number of thioether (sulfide) groups is 1. The lowest BCUT2D eigenvalue weighted by Crippen LogP contribution is -2.33. The molecule has 0 aliphatic heterocycles. The van der Waals surface area contributed by atoms with Crippen LogP contribution in [0.4, 0.5) is 0 Å². The molecule has 5 nitrogen and oxygen atoms in total. The van der Waals surface area contributed by atoms with Crippen molar-refractivity contribution >= 4 is 29.3 Å². The van der Waals surface area contributed by atoms with Gasteiger partial charge in [-0.25, -0.2) is 0 Å². The highest BCUT2D eigenvalue weighted by molar-refractivity contribution is 7.99. The summed E-state index contributed by atoms with van der Waals surface area (Å²) in [6.07, 6.45) is 1.91. The summed E-state index contributed by atoms with van der Waals surface area (Å²) >= 11 is 7.48. The van der Waals surface area contributed by atoms with E-state index in [1.165, 1.54) is 11.8 Å². The predicted molar refractivity (Wildman–Crippen MR) is 124 cm³/mol. The zero-order chi connectivity index (χ0) is 21.5. The lowest BCUT2D eigenvalue weighted by molar-refractivity contribution is -0.128. The normalized spacial score (nSPS) is 10.9. The van der Waals surface area contributed by atoms with Gasteiger partial charge >= 0.3 is 0 Å². The highest BCUT2D eigenvalue weighted by atomic mass is 35.5. The molecule has 0 N–H and O–H groups in total. The van der Waals surface area contributed by atoms with Gasteiger partial charge in [-0.1, -0.05) is 49.3 Å². The highest BCUT2D eigenvalue weighted by Crippen LogP contribution is 2.29. The Bertz CT molecular complexity index is 981. The van der Waals surface area contributed by atoms with Crippen LogP contribution in [-0.4, -0.2) is 44.4 Å². The molecular formula is C23H27ClN4OS. The summed E-state index contributed by atoms with van der Waals surface area (Å²) in [5.74, 6) is 1.20. The minimum absolute atomic E-state index is 0.135. The molecule has 0 radical (unpaired) electrons. The zero-order valence-corrected chi connectivity index (χ0v) is 19.2. The van der Waals surface area contributed by atoms with Crippen molar-refractivity contribution in [1.82, 2.24) is 19.7 Å². The Kier molecular flexibility index (Phi) is 7.94.